The molecular formula is C30H39N. The van der Waals surface area contributed by atoms with Crippen LogP contribution in [0.15, 0.2) is 91.0 Å². The van der Waals surface area contributed by atoms with Crippen LogP contribution in [-0.4, -0.2) is 13.1 Å². The van der Waals surface area contributed by atoms with Crippen LogP contribution in [-0.2, 0) is 12.8 Å². The number of benzene rings is 3. The first-order valence-corrected chi connectivity index (χ1v) is 12.3. The molecule has 0 aliphatic rings. The monoisotopic (exact) mass is 413 g/mol. The molecule has 0 amide bonds. The number of anilines is 1. The maximum Gasteiger partial charge on any atom is 0.0366 e. The van der Waals surface area contributed by atoms with Crippen LogP contribution in [0.25, 0.3) is 0 Å². The standard InChI is InChI=1S/C30H39N/c1(8-18-28-20-10-5-11-21-28)3-16-26-31(30-24-14-7-15-25-30)27-17-4-2-9-19-29-22-12-6-13-23-29/h5-7,10-15,20-25H,1-4,8-9,16-19,26-27H2. The van der Waals surface area contributed by atoms with Crippen LogP contribution in [0.4, 0.5) is 5.69 Å². The summed E-state index contributed by atoms with van der Waals surface area (Å²) in [5, 5.41) is 0. The van der Waals surface area contributed by atoms with E-state index in [4.69, 9.17) is 0 Å². The highest BCUT2D eigenvalue weighted by Crippen LogP contribution is 2.17. The van der Waals surface area contributed by atoms with Gasteiger partial charge in [0.25, 0.3) is 0 Å². The lowest BCUT2D eigenvalue weighted by Gasteiger charge is -2.25. The molecule has 0 unspecified atom stereocenters. The SMILES string of the molecule is c1ccc(CCCCCCN(CCCCCCc2ccccc2)c2ccccc2)cc1. The summed E-state index contributed by atoms with van der Waals surface area (Å²) >= 11 is 0. The van der Waals surface area contributed by atoms with E-state index in [1.807, 2.05) is 0 Å². The minimum absolute atomic E-state index is 1.18. The second-order valence-corrected chi connectivity index (χ2v) is 8.62. The number of hydrogen-bond donors (Lipinski definition) is 0. The van der Waals surface area contributed by atoms with Crippen molar-refractivity contribution in [3.8, 4) is 0 Å². The summed E-state index contributed by atoms with van der Waals surface area (Å²) in [6, 6.07) is 32.8. The molecule has 0 heterocycles. The highest BCUT2D eigenvalue weighted by Gasteiger charge is 2.06. The van der Waals surface area contributed by atoms with Crippen molar-refractivity contribution in [2.45, 2.75) is 64.2 Å². The van der Waals surface area contributed by atoms with Crippen molar-refractivity contribution in [1.29, 1.82) is 0 Å². The van der Waals surface area contributed by atoms with Crippen LogP contribution in [0.5, 0.6) is 0 Å². The quantitative estimate of drug-likeness (QED) is 0.227. The van der Waals surface area contributed by atoms with Gasteiger partial charge in [-0.15, -0.1) is 0 Å². The second-order valence-electron chi connectivity index (χ2n) is 8.62. The third-order valence-electron chi connectivity index (χ3n) is 6.09. The largest absolute Gasteiger partial charge is 0.372 e. The summed E-state index contributed by atoms with van der Waals surface area (Å²) in [4.78, 5) is 2.61. The van der Waals surface area contributed by atoms with Crippen molar-refractivity contribution in [2.24, 2.45) is 0 Å². The van der Waals surface area contributed by atoms with Gasteiger partial charge in [0.15, 0.2) is 0 Å². The number of aryl methyl sites for hydroxylation is 2. The molecule has 0 aliphatic carbocycles. The first-order chi connectivity index (χ1) is 15.4. The molecule has 0 aromatic heterocycles. The first kappa shape index (κ1) is 23.1. The molecular weight excluding hydrogens is 374 g/mol. The smallest absolute Gasteiger partial charge is 0.0366 e. The Bertz CT molecular complexity index is 746. The van der Waals surface area contributed by atoms with E-state index in [1.54, 1.807) is 0 Å². The molecule has 0 atom stereocenters. The summed E-state index contributed by atoms with van der Waals surface area (Å²) in [7, 11) is 0. The fourth-order valence-corrected chi connectivity index (χ4v) is 4.27. The topological polar surface area (TPSA) is 3.24 Å². The van der Waals surface area contributed by atoms with Crippen molar-refractivity contribution in [3.05, 3.63) is 102 Å². The molecule has 0 spiro atoms. The zero-order valence-corrected chi connectivity index (χ0v) is 19.1. The highest BCUT2D eigenvalue weighted by molar-refractivity contribution is 5.45. The van der Waals surface area contributed by atoms with E-state index in [2.05, 4.69) is 95.9 Å². The van der Waals surface area contributed by atoms with E-state index in [9.17, 15) is 0 Å². The Morgan fingerprint density at radius 1 is 0.387 bits per heavy atom. The number of hydrogen-bond acceptors (Lipinski definition) is 1. The predicted molar refractivity (Wildman–Crippen MR) is 136 cm³/mol. The number of para-hydroxylation sites is 1. The highest BCUT2D eigenvalue weighted by atomic mass is 15.1. The lowest BCUT2D eigenvalue weighted by atomic mass is 10.1. The van der Waals surface area contributed by atoms with Gasteiger partial charge in [-0.1, -0.05) is 105 Å². The Hall–Kier alpha value is -2.54. The minimum atomic E-state index is 1.18. The molecule has 1 nitrogen and oxygen atoms in total. The average molecular weight is 414 g/mol. The zero-order chi connectivity index (χ0) is 21.4. The van der Waals surface area contributed by atoms with E-state index in [0.29, 0.717) is 0 Å². The Balaban J connectivity index is 1.31. The van der Waals surface area contributed by atoms with Gasteiger partial charge in [-0.25, -0.2) is 0 Å². The van der Waals surface area contributed by atoms with Crippen molar-refractivity contribution in [3.63, 3.8) is 0 Å². The van der Waals surface area contributed by atoms with Gasteiger partial charge >= 0.3 is 0 Å². The molecule has 0 radical (unpaired) electrons. The fraction of sp³-hybridized carbons (Fsp3) is 0.400. The van der Waals surface area contributed by atoms with Gasteiger partial charge in [-0.2, -0.15) is 0 Å². The lowest BCUT2D eigenvalue weighted by Crippen LogP contribution is -2.25. The maximum absolute atomic E-state index is 2.61. The van der Waals surface area contributed by atoms with Crippen LogP contribution in [0.3, 0.4) is 0 Å². The molecule has 164 valence electrons. The Morgan fingerprint density at radius 3 is 1.23 bits per heavy atom. The number of rotatable bonds is 15. The molecule has 0 bridgehead atoms. The lowest BCUT2D eigenvalue weighted by molar-refractivity contribution is 0.594. The molecule has 0 saturated heterocycles. The van der Waals surface area contributed by atoms with Crippen molar-refractivity contribution in [1.82, 2.24) is 0 Å². The predicted octanol–water partition coefficient (Wildman–Crippen LogP) is 8.10. The number of unbranched alkanes of at least 4 members (excludes halogenated alkanes) is 6. The number of nitrogens with zero attached hydrogens (tertiary/aromatic N) is 1. The second kappa shape index (κ2) is 14.5. The Morgan fingerprint density at radius 2 is 0.774 bits per heavy atom. The zero-order valence-electron chi connectivity index (χ0n) is 19.1. The van der Waals surface area contributed by atoms with Crippen LogP contribution >= 0.6 is 0 Å². The van der Waals surface area contributed by atoms with Gasteiger partial charge in [0.2, 0.25) is 0 Å². The van der Waals surface area contributed by atoms with Crippen molar-refractivity contribution >= 4 is 5.69 Å². The molecule has 0 aliphatic heterocycles. The van der Waals surface area contributed by atoms with Gasteiger partial charge in [0.05, 0.1) is 0 Å². The summed E-state index contributed by atoms with van der Waals surface area (Å²) in [5.74, 6) is 0. The Labute approximate surface area is 190 Å². The van der Waals surface area contributed by atoms with Gasteiger partial charge in [0, 0.05) is 18.8 Å². The molecule has 1 heteroatoms. The molecule has 3 aromatic carbocycles. The molecule has 0 saturated carbocycles. The van der Waals surface area contributed by atoms with Crippen LogP contribution in [0.2, 0.25) is 0 Å². The molecule has 3 rings (SSSR count). The fourth-order valence-electron chi connectivity index (χ4n) is 4.27. The van der Waals surface area contributed by atoms with Gasteiger partial charge < -0.3 is 4.90 Å². The summed E-state index contributed by atoms with van der Waals surface area (Å²) in [6.45, 7) is 2.36. The van der Waals surface area contributed by atoms with E-state index in [-0.39, 0.29) is 0 Å². The van der Waals surface area contributed by atoms with Gasteiger partial charge in [-0.3, -0.25) is 0 Å². The maximum atomic E-state index is 2.61. The van der Waals surface area contributed by atoms with Crippen molar-refractivity contribution < 1.29 is 0 Å². The summed E-state index contributed by atoms with van der Waals surface area (Å²) in [6.07, 6.45) is 12.9. The van der Waals surface area contributed by atoms with Gasteiger partial charge in [0.1, 0.15) is 0 Å². The van der Waals surface area contributed by atoms with Crippen LogP contribution in [0.1, 0.15) is 62.5 Å². The molecule has 3 aromatic rings. The normalized spacial score (nSPS) is 10.8. The summed E-state index contributed by atoms with van der Waals surface area (Å²) in [5.41, 5.74) is 4.33. The van der Waals surface area contributed by atoms with E-state index < -0.39 is 0 Å². The minimum Gasteiger partial charge on any atom is -0.372 e. The molecule has 0 fully saturated rings. The summed E-state index contributed by atoms with van der Waals surface area (Å²) < 4.78 is 0. The molecule has 31 heavy (non-hydrogen) atoms. The van der Waals surface area contributed by atoms with Gasteiger partial charge in [-0.05, 0) is 61.8 Å². The third kappa shape index (κ3) is 9.42. The third-order valence-corrected chi connectivity index (χ3v) is 6.09. The Kier molecular flexibility index (Phi) is 10.8. The van der Waals surface area contributed by atoms with Crippen LogP contribution < -0.4 is 4.90 Å². The first-order valence-electron chi connectivity index (χ1n) is 12.3. The average Bonchev–Trinajstić information content (AvgIpc) is 2.84. The van der Waals surface area contributed by atoms with E-state index in [0.717, 1.165) is 0 Å². The van der Waals surface area contributed by atoms with E-state index >= 15 is 0 Å². The van der Waals surface area contributed by atoms with Crippen LogP contribution in [0, 0.1) is 0 Å². The van der Waals surface area contributed by atoms with E-state index in [1.165, 1.54) is 94.1 Å². The van der Waals surface area contributed by atoms with Crippen molar-refractivity contribution in [2.75, 3.05) is 18.0 Å². The molecule has 0 N–H and O–H groups in total.